The van der Waals surface area contributed by atoms with Gasteiger partial charge in [-0.15, -0.1) is 0 Å². The lowest BCUT2D eigenvalue weighted by molar-refractivity contribution is 0.874. The van der Waals surface area contributed by atoms with Gasteiger partial charge in [-0.2, -0.15) is 9.50 Å². The highest BCUT2D eigenvalue weighted by Crippen LogP contribution is 2.08. The lowest BCUT2D eigenvalue weighted by Crippen LogP contribution is -2.17. The Bertz CT molecular complexity index is 1060. The largest absolute Gasteiger partial charge is 0.379 e. The summed E-state index contributed by atoms with van der Waals surface area (Å²) in [5, 5.41) is 9.35. The second-order valence-electron chi connectivity index (χ2n) is 5.85. The molecular formula is C19H18N6O. The summed E-state index contributed by atoms with van der Waals surface area (Å²) in [6.45, 7) is 1.06. The minimum Gasteiger partial charge on any atom is -0.379 e. The maximum absolute atomic E-state index is 12.3. The number of para-hydroxylation sites is 1. The van der Waals surface area contributed by atoms with Crippen LogP contribution >= 0.6 is 0 Å². The molecule has 3 N–H and O–H groups in total. The second-order valence-corrected chi connectivity index (χ2v) is 5.85. The molecule has 0 fully saturated rings. The van der Waals surface area contributed by atoms with Crippen molar-refractivity contribution in [3.8, 4) is 0 Å². The molecule has 0 aliphatic carbocycles. The van der Waals surface area contributed by atoms with E-state index in [4.69, 9.17) is 0 Å². The number of aromatic amines is 1. The van der Waals surface area contributed by atoms with Crippen molar-refractivity contribution in [2.45, 2.75) is 13.1 Å². The van der Waals surface area contributed by atoms with E-state index in [0.717, 1.165) is 11.3 Å². The molecular weight excluding hydrogens is 328 g/mol. The molecule has 0 amide bonds. The van der Waals surface area contributed by atoms with Gasteiger partial charge in [-0.25, -0.2) is 4.98 Å². The Balaban J connectivity index is 1.50. The summed E-state index contributed by atoms with van der Waals surface area (Å²) in [5.41, 5.74) is 2.54. The summed E-state index contributed by atoms with van der Waals surface area (Å²) in [6.07, 6.45) is 0. The molecule has 0 spiro atoms. The topological polar surface area (TPSA) is 87.1 Å². The zero-order valence-electron chi connectivity index (χ0n) is 14.0. The molecule has 2 aromatic heterocycles. The number of rotatable bonds is 6. The monoisotopic (exact) mass is 346 g/mol. The first-order valence-electron chi connectivity index (χ1n) is 8.33. The average molecular weight is 346 g/mol. The first-order valence-corrected chi connectivity index (χ1v) is 8.33. The van der Waals surface area contributed by atoms with Crippen LogP contribution in [0.15, 0.2) is 71.5 Å². The number of benzene rings is 2. The summed E-state index contributed by atoms with van der Waals surface area (Å²) < 4.78 is 1.33. The van der Waals surface area contributed by atoms with E-state index < -0.39 is 0 Å². The Morgan fingerprint density at radius 2 is 1.62 bits per heavy atom. The predicted octanol–water partition coefficient (Wildman–Crippen LogP) is 2.64. The van der Waals surface area contributed by atoms with Gasteiger partial charge in [-0.1, -0.05) is 48.5 Å². The van der Waals surface area contributed by atoms with E-state index in [1.54, 1.807) is 0 Å². The van der Waals surface area contributed by atoms with Crippen molar-refractivity contribution >= 4 is 17.4 Å². The molecule has 7 heteroatoms. The number of hydrogen-bond donors (Lipinski definition) is 3. The molecule has 0 saturated carbocycles. The molecule has 4 aromatic rings. The Morgan fingerprint density at radius 3 is 2.38 bits per heavy atom. The third-order valence-corrected chi connectivity index (χ3v) is 3.93. The van der Waals surface area contributed by atoms with Crippen LogP contribution < -0.4 is 16.2 Å². The number of H-pyrrole nitrogens is 1. The molecule has 0 radical (unpaired) electrons. The number of fused-ring (bicyclic) bond motifs is 1. The Kier molecular flexibility index (Phi) is 4.34. The van der Waals surface area contributed by atoms with Crippen LogP contribution in [0.2, 0.25) is 0 Å². The molecule has 4 rings (SSSR count). The van der Waals surface area contributed by atoms with Crippen molar-refractivity contribution in [3.63, 3.8) is 0 Å². The molecule has 26 heavy (non-hydrogen) atoms. The van der Waals surface area contributed by atoms with E-state index in [1.807, 2.05) is 60.7 Å². The van der Waals surface area contributed by atoms with Crippen molar-refractivity contribution < 1.29 is 0 Å². The summed E-state index contributed by atoms with van der Waals surface area (Å²) in [5.74, 6) is 0.851. The van der Waals surface area contributed by atoms with Gasteiger partial charge < -0.3 is 10.6 Å². The lowest BCUT2D eigenvalue weighted by Gasteiger charge is -2.05. The van der Waals surface area contributed by atoms with Crippen molar-refractivity contribution in [2.75, 3.05) is 10.6 Å². The van der Waals surface area contributed by atoms with E-state index in [2.05, 4.69) is 25.7 Å². The first-order chi connectivity index (χ1) is 12.8. The molecule has 0 bridgehead atoms. The van der Waals surface area contributed by atoms with Gasteiger partial charge in [0.15, 0.2) is 0 Å². The standard InChI is InChI=1S/C19H18N6O/c26-17-11-16(13-20-15-9-5-2-6-10-15)22-19-23-18(24-25(17)19)21-12-14-7-3-1-4-8-14/h1-11,20H,12-13H2,(H2,21,22,23,24). The fourth-order valence-corrected chi connectivity index (χ4v) is 2.63. The Morgan fingerprint density at radius 1 is 0.885 bits per heavy atom. The van der Waals surface area contributed by atoms with E-state index in [1.165, 1.54) is 10.6 Å². The summed E-state index contributed by atoms with van der Waals surface area (Å²) >= 11 is 0. The van der Waals surface area contributed by atoms with Gasteiger partial charge in [0.2, 0.25) is 5.95 Å². The van der Waals surface area contributed by atoms with Crippen LogP contribution in [-0.4, -0.2) is 19.6 Å². The van der Waals surface area contributed by atoms with Gasteiger partial charge in [0.05, 0.1) is 12.2 Å². The fourth-order valence-electron chi connectivity index (χ4n) is 2.63. The number of hydrogen-bond acceptors (Lipinski definition) is 5. The van der Waals surface area contributed by atoms with Crippen LogP contribution in [-0.2, 0) is 13.1 Å². The van der Waals surface area contributed by atoms with Crippen LogP contribution in [0.1, 0.15) is 11.3 Å². The highest BCUT2D eigenvalue weighted by atomic mass is 16.1. The van der Waals surface area contributed by atoms with Crippen LogP contribution in [0.25, 0.3) is 5.78 Å². The van der Waals surface area contributed by atoms with Crippen LogP contribution in [0.5, 0.6) is 0 Å². The normalized spacial score (nSPS) is 10.8. The summed E-state index contributed by atoms with van der Waals surface area (Å²) in [4.78, 5) is 21.1. The van der Waals surface area contributed by atoms with E-state index >= 15 is 0 Å². The van der Waals surface area contributed by atoms with Crippen molar-refractivity contribution in [1.82, 2.24) is 19.6 Å². The predicted molar refractivity (Wildman–Crippen MR) is 101 cm³/mol. The number of nitrogens with one attached hydrogen (secondary N) is 3. The highest BCUT2D eigenvalue weighted by Gasteiger charge is 2.08. The summed E-state index contributed by atoms with van der Waals surface area (Å²) in [7, 11) is 0. The maximum Gasteiger partial charge on any atom is 0.274 e. The van der Waals surface area contributed by atoms with Crippen LogP contribution in [0, 0.1) is 0 Å². The van der Waals surface area contributed by atoms with Gasteiger partial charge in [0.1, 0.15) is 0 Å². The third kappa shape index (κ3) is 3.56. The van der Waals surface area contributed by atoms with Crippen molar-refractivity contribution in [2.24, 2.45) is 0 Å². The smallest absolute Gasteiger partial charge is 0.274 e. The molecule has 130 valence electrons. The number of aromatic nitrogens is 4. The second kappa shape index (κ2) is 7.10. The third-order valence-electron chi connectivity index (χ3n) is 3.93. The average Bonchev–Trinajstić information content (AvgIpc) is 3.10. The fraction of sp³-hybridized carbons (Fsp3) is 0.105. The molecule has 0 saturated heterocycles. The molecule has 0 atom stereocenters. The molecule has 2 aromatic carbocycles. The van der Waals surface area contributed by atoms with Crippen LogP contribution in [0.4, 0.5) is 11.6 Å². The van der Waals surface area contributed by atoms with Gasteiger partial charge >= 0.3 is 0 Å². The van der Waals surface area contributed by atoms with Crippen molar-refractivity contribution in [1.29, 1.82) is 0 Å². The molecule has 7 nitrogen and oxygen atoms in total. The molecule has 2 heterocycles. The SMILES string of the molecule is O=c1cc(CNc2ccccc2)nc2nc(NCc3ccccc3)[nH]n12. The summed E-state index contributed by atoms with van der Waals surface area (Å²) in [6, 6.07) is 21.3. The van der Waals surface area contributed by atoms with Crippen LogP contribution in [0.3, 0.4) is 0 Å². The number of anilines is 2. The number of nitrogens with zero attached hydrogens (tertiary/aromatic N) is 3. The van der Waals surface area contributed by atoms with Gasteiger partial charge in [-0.05, 0) is 17.7 Å². The van der Waals surface area contributed by atoms with Crippen molar-refractivity contribution in [3.05, 3.63) is 88.3 Å². The van der Waals surface area contributed by atoms with E-state index in [9.17, 15) is 4.79 Å². The lowest BCUT2D eigenvalue weighted by atomic mass is 10.2. The van der Waals surface area contributed by atoms with E-state index in [0.29, 0.717) is 30.5 Å². The molecule has 0 aliphatic heterocycles. The zero-order chi connectivity index (χ0) is 17.8. The van der Waals surface area contributed by atoms with Gasteiger partial charge in [0, 0.05) is 18.3 Å². The van der Waals surface area contributed by atoms with E-state index in [-0.39, 0.29) is 5.56 Å². The quantitative estimate of drug-likeness (QED) is 0.500. The first kappa shape index (κ1) is 15.9. The Labute approximate surface area is 149 Å². The minimum atomic E-state index is -0.194. The van der Waals surface area contributed by atoms with Gasteiger partial charge in [-0.3, -0.25) is 9.89 Å². The Hall–Kier alpha value is -3.61. The highest BCUT2D eigenvalue weighted by molar-refractivity contribution is 5.43. The minimum absolute atomic E-state index is 0.194. The zero-order valence-corrected chi connectivity index (χ0v) is 14.0. The maximum atomic E-state index is 12.3. The molecule has 0 aliphatic rings. The van der Waals surface area contributed by atoms with Gasteiger partial charge in [0.25, 0.3) is 11.3 Å². The molecule has 0 unspecified atom stereocenters.